The highest BCUT2D eigenvalue weighted by Gasteiger charge is 2.51. The zero-order valence-electron chi connectivity index (χ0n) is 41.0. The molecule has 78 heavy (non-hydrogen) atoms. The summed E-state index contributed by atoms with van der Waals surface area (Å²) in [6.07, 6.45) is -4.03. The van der Waals surface area contributed by atoms with E-state index in [0.717, 1.165) is 0 Å². The molecule has 424 valence electrons. The van der Waals surface area contributed by atoms with Gasteiger partial charge in [0.1, 0.15) is 0 Å². The first-order valence-electron chi connectivity index (χ1n) is 22.0. The molecule has 0 radical (unpaired) electrons. The molecule has 0 aliphatic carbocycles. The Morgan fingerprint density at radius 1 is 0.462 bits per heavy atom. The van der Waals surface area contributed by atoms with Gasteiger partial charge in [-0.3, -0.25) is 4.79 Å². The fourth-order valence-electron chi connectivity index (χ4n) is 7.05. The van der Waals surface area contributed by atoms with Crippen molar-refractivity contribution in [3.05, 3.63) is 124 Å². The summed E-state index contributed by atoms with van der Waals surface area (Å²) in [5, 5.41) is 21.4. The van der Waals surface area contributed by atoms with Crippen LogP contribution in [0, 0.1) is 20.8 Å². The number of hydrogen-bond donors (Lipinski definition) is 2. The lowest BCUT2D eigenvalue weighted by molar-refractivity contribution is -0.154. The molecule has 2 atom stereocenters. The average molecular weight is 1180 g/mol. The van der Waals surface area contributed by atoms with Crippen LogP contribution in [0.15, 0.2) is 91.0 Å². The predicted octanol–water partition coefficient (Wildman–Crippen LogP) is 9.07. The Morgan fingerprint density at radius 3 is 1.05 bits per heavy atom. The van der Waals surface area contributed by atoms with Gasteiger partial charge in [-0.2, -0.15) is 64.8 Å². The van der Waals surface area contributed by atoms with Gasteiger partial charge in [-0.05, 0) is 74.4 Å². The lowest BCUT2D eigenvalue weighted by Gasteiger charge is -2.20. The van der Waals surface area contributed by atoms with Gasteiger partial charge in [0.15, 0.2) is 29.5 Å². The molecule has 18 nitrogen and oxygen atoms in total. The number of aliphatic hydroxyl groups is 2. The minimum absolute atomic E-state index is 0.00993. The molecule has 1 unspecified atom stereocenters. The SMILES string of the molecule is CCOC(=O)C(=O)c1c(C)cc2ccccc2c1OS(=O)(=O)C(F)(F)F.CCOC(=O)C(O)c1c(C)cc2ccccc2c1OS(=O)(=O)C(F)(F)F.CCOC(=O)[C@@H](O)c1c(C)cc2ccccc2c1OS(=O)(=O)C(F)(F)F. The molecule has 0 saturated carbocycles. The van der Waals surface area contributed by atoms with Crippen molar-refractivity contribution < 1.29 is 121 Å². The van der Waals surface area contributed by atoms with Gasteiger partial charge in [0, 0.05) is 27.3 Å². The Balaban J connectivity index is 0.000000252. The van der Waals surface area contributed by atoms with E-state index in [1.165, 1.54) is 114 Å². The number of benzene rings is 6. The molecule has 0 spiro atoms. The van der Waals surface area contributed by atoms with E-state index in [9.17, 15) is 94.2 Å². The molecule has 0 aromatic heterocycles. The number of halogens is 9. The Bertz CT molecular complexity index is 3450. The highest BCUT2D eigenvalue weighted by atomic mass is 32.2. The molecule has 0 fully saturated rings. The fraction of sp³-hybridized carbons (Fsp3) is 0.292. The third-order valence-corrected chi connectivity index (χ3v) is 13.2. The van der Waals surface area contributed by atoms with Gasteiger partial charge in [0.05, 0.1) is 25.4 Å². The van der Waals surface area contributed by atoms with Crippen molar-refractivity contribution in [1.82, 2.24) is 0 Å². The number of carbonyl (C=O) groups excluding carboxylic acids is 4. The van der Waals surface area contributed by atoms with Crippen molar-refractivity contribution in [1.29, 1.82) is 0 Å². The van der Waals surface area contributed by atoms with Crippen LogP contribution in [0.25, 0.3) is 32.3 Å². The molecule has 2 N–H and O–H groups in total. The van der Waals surface area contributed by atoms with Crippen molar-refractivity contribution in [2.24, 2.45) is 0 Å². The van der Waals surface area contributed by atoms with E-state index in [4.69, 9.17) is 0 Å². The molecule has 0 bridgehead atoms. The number of ether oxygens (including phenoxy) is 3. The number of carbonyl (C=O) groups is 4. The maximum absolute atomic E-state index is 12.8. The number of Topliss-reactive ketones (excluding diaryl/α,β-unsaturated/α-hetero) is 1. The summed E-state index contributed by atoms with van der Waals surface area (Å²) in [5.74, 6) is -7.31. The predicted molar refractivity (Wildman–Crippen MR) is 257 cm³/mol. The van der Waals surface area contributed by atoms with E-state index < -0.39 is 117 Å². The number of hydrogen-bond acceptors (Lipinski definition) is 18. The Labute approximate surface area is 437 Å². The number of aryl methyl sites for hydroxylation is 3. The Hall–Kier alpha value is -7.28. The van der Waals surface area contributed by atoms with Crippen molar-refractivity contribution >= 4 is 86.4 Å². The monoisotopic (exact) mass is 1170 g/mol. The highest BCUT2D eigenvalue weighted by Crippen LogP contribution is 2.42. The lowest BCUT2D eigenvalue weighted by Crippen LogP contribution is -2.29. The van der Waals surface area contributed by atoms with Crippen LogP contribution in [-0.2, 0) is 58.9 Å². The quantitative estimate of drug-likeness (QED) is 0.0185. The van der Waals surface area contributed by atoms with Gasteiger partial charge in [0.2, 0.25) is 0 Å². The largest absolute Gasteiger partial charge is 0.534 e. The second kappa shape index (κ2) is 24.6. The van der Waals surface area contributed by atoms with Gasteiger partial charge in [0.25, 0.3) is 5.78 Å². The number of esters is 3. The van der Waals surface area contributed by atoms with E-state index in [2.05, 4.69) is 26.8 Å². The van der Waals surface area contributed by atoms with Crippen LogP contribution in [0.3, 0.4) is 0 Å². The fourth-order valence-corrected chi connectivity index (χ4v) is 8.53. The van der Waals surface area contributed by atoms with Gasteiger partial charge in [-0.1, -0.05) is 91.0 Å². The third kappa shape index (κ3) is 14.2. The average Bonchev–Trinajstić information content (AvgIpc) is 3.41. The Kier molecular flexibility index (Phi) is 19.9. The van der Waals surface area contributed by atoms with Crippen LogP contribution in [0.5, 0.6) is 17.2 Å². The molecule has 30 heteroatoms. The van der Waals surface area contributed by atoms with Crippen LogP contribution < -0.4 is 12.5 Å². The van der Waals surface area contributed by atoms with E-state index in [1.807, 2.05) is 0 Å². The normalized spacial score (nSPS) is 13.0. The minimum Gasteiger partial charge on any atom is -0.464 e. The number of fused-ring (bicyclic) bond motifs is 3. The standard InChI is InChI=1S/2C16H15F3O6S.C16H13F3O6S/c3*1-3-24-15(21)13(20)12-9(2)8-10-6-4-5-7-11(10)14(12)25-26(22,23)16(17,18)19/h2*4-8,13,20H,3H2,1-2H3;4-8H,3H2,1-2H3/t13-;;/m0../s1. The highest BCUT2D eigenvalue weighted by molar-refractivity contribution is 7.88. The second-order valence-electron chi connectivity index (χ2n) is 15.7. The molecule has 6 aromatic carbocycles. The van der Waals surface area contributed by atoms with Crippen molar-refractivity contribution in [2.45, 2.75) is 70.3 Å². The Morgan fingerprint density at radius 2 is 0.744 bits per heavy atom. The van der Waals surface area contributed by atoms with Crippen molar-refractivity contribution in [3.63, 3.8) is 0 Å². The number of ketones is 1. The van der Waals surface area contributed by atoms with Gasteiger partial charge < -0.3 is 37.0 Å². The van der Waals surface area contributed by atoms with Gasteiger partial charge in [-0.25, -0.2) is 14.4 Å². The topological polar surface area (TPSA) is 267 Å². The van der Waals surface area contributed by atoms with Gasteiger partial charge in [-0.15, -0.1) is 0 Å². The molecule has 0 heterocycles. The molecular formula is C48H43F9O18S3. The van der Waals surface area contributed by atoms with E-state index in [0.29, 0.717) is 16.2 Å². The minimum atomic E-state index is -6.06. The molecular weight excluding hydrogens is 1130 g/mol. The van der Waals surface area contributed by atoms with Crippen LogP contribution in [-0.4, -0.2) is 95.5 Å². The first kappa shape index (κ1) is 63.3. The summed E-state index contributed by atoms with van der Waals surface area (Å²) in [6, 6.07) is 21.9. The van der Waals surface area contributed by atoms with E-state index >= 15 is 0 Å². The summed E-state index contributed by atoms with van der Waals surface area (Å²) >= 11 is 0. The van der Waals surface area contributed by atoms with Crippen molar-refractivity contribution in [2.75, 3.05) is 19.8 Å². The number of alkyl halides is 9. The molecule has 0 amide bonds. The lowest BCUT2D eigenvalue weighted by atomic mass is 9.96. The summed E-state index contributed by atoms with van der Waals surface area (Å²) in [4.78, 5) is 47.8. The second-order valence-corrected chi connectivity index (χ2v) is 20.4. The molecule has 0 aliphatic rings. The molecule has 0 aliphatic heterocycles. The number of rotatable bonds is 15. The molecule has 6 rings (SSSR count). The summed E-state index contributed by atoms with van der Waals surface area (Å²) < 4.78 is 211. The molecule has 6 aromatic rings. The zero-order valence-corrected chi connectivity index (χ0v) is 43.4. The van der Waals surface area contributed by atoms with E-state index in [-0.39, 0.29) is 52.7 Å². The van der Waals surface area contributed by atoms with Crippen molar-refractivity contribution in [3.8, 4) is 17.2 Å². The van der Waals surface area contributed by atoms with Crippen LogP contribution >= 0.6 is 0 Å². The van der Waals surface area contributed by atoms with Crippen LogP contribution in [0.2, 0.25) is 0 Å². The maximum Gasteiger partial charge on any atom is 0.534 e. The zero-order chi connectivity index (χ0) is 59.1. The first-order chi connectivity index (χ1) is 36.0. The van der Waals surface area contributed by atoms with Gasteiger partial charge >= 0.3 is 64.8 Å². The smallest absolute Gasteiger partial charge is 0.464 e. The maximum atomic E-state index is 12.8. The van der Waals surface area contributed by atoms with E-state index in [1.54, 1.807) is 18.2 Å². The number of aliphatic hydroxyl groups excluding tert-OH is 2. The molecule has 0 saturated heterocycles. The third-order valence-electron chi connectivity index (χ3n) is 10.4. The first-order valence-corrected chi connectivity index (χ1v) is 26.2. The van der Waals surface area contributed by atoms with Crippen LogP contribution in [0.4, 0.5) is 39.5 Å². The summed E-state index contributed by atoms with van der Waals surface area (Å²) in [7, 11) is -18.1. The summed E-state index contributed by atoms with van der Waals surface area (Å²) in [6.45, 7) is 8.21. The van der Waals surface area contributed by atoms with Crippen LogP contribution in [0.1, 0.15) is 71.2 Å². The summed E-state index contributed by atoms with van der Waals surface area (Å²) in [5.41, 5.74) is -18.1.